The minimum atomic E-state index is -0.201. The maximum atomic E-state index is 11.2. The molecule has 0 aliphatic carbocycles. The van der Waals surface area contributed by atoms with Crippen LogP contribution in [0.3, 0.4) is 0 Å². The van der Waals surface area contributed by atoms with Crippen LogP contribution >= 0.6 is 23.1 Å². The molecule has 0 fully saturated rings. The fourth-order valence-corrected chi connectivity index (χ4v) is 3.99. The number of nitrogens with zero attached hydrogens (tertiary/aromatic N) is 2. The Balaban J connectivity index is 1.86. The third-order valence-corrected chi connectivity index (χ3v) is 5.22. The summed E-state index contributed by atoms with van der Waals surface area (Å²) in [5.74, 6) is 0.447. The zero-order valence-electron chi connectivity index (χ0n) is 12.0. The first-order chi connectivity index (χ1) is 10.8. The van der Waals surface area contributed by atoms with Gasteiger partial charge in [-0.25, -0.2) is 9.97 Å². The standard InChI is InChI=1S/C16H14N2O2S2/c1-20-14(19)7-8-21-15-12-9-13(11-5-3-2-4-6-11)22-16(12)18-10-17-15/h2-6,9-10H,7-8H2,1H3. The second kappa shape index (κ2) is 6.89. The number of aromatic nitrogens is 2. The summed E-state index contributed by atoms with van der Waals surface area (Å²) in [4.78, 5) is 22.0. The van der Waals surface area contributed by atoms with Crippen molar-refractivity contribution < 1.29 is 9.53 Å². The van der Waals surface area contributed by atoms with Crippen molar-refractivity contribution in [1.82, 2.24) is 9.97 Å². The Morgan fingerprint density at radius 1 is 1.27 bits per heavy atom. The number of methoxy groups -OCH3 is 1. The smallest absolute Gasteiger partial charge is 0.306 e. The molecule has 0 atom stereocenters. The number of rotatable bonds is 5. The van der Waals surface area contributed by atoms with Crippen molar-refractivity contribution >= 4 is 39.3 Å². The average Bonchev–Trinajstić information content (AvgIpc) is 3.00. The lowest BCUT2D eigenvalue weighted by molar-refractivity contribution is -0.140. The predicted molar refractivity (Wildman–Crippen MR) is 90.2 cm³/mol. The molecule has 6 heteroatoms. The molecule has 0 N–H and O–H groups in total. The fourth-order valence-electron chi connectivity index (χ4n) is 2.03. The second-order valence-electron chi connectivity index (χ2n) is 4.55. The van der Waals surface area contributed by atoms with Gasteiger partial charge in [0.1, 0.15) is 16.2 Å². The molecule has 1 aromatic carbocycles. The number of benzene rings is 1. The first kappa shape index (κ1) is 15.0. The van der Waals surface area contributed by atoms with Crippen LogP contribution in [-0.4, -0.2) is 28.8 Å². The Kier molecular flexibility index (Phi) is 4.70. The molecule has 0 aliphatic rings. The van der Waals surface area contributed by atoms with Gasteiger partial charge < -0.3 is 4.74 Å². The van der Waals surface area contributed by atoms with E-state index in [-0.39, 0.29) is 5.97 Å². The van der Waals surface area contributed by atoms with Gasteiger partial charge in [-0.2, -0.15) is 0 Å². The van der Waals surface area contributed by atoms with E-state index in [0.29, 0.717) is 12.2 Å². The van der Waals surface area contributed by atoms with Gasteiger partial charge in [0.15, 0.2) is 0 Å². The molecule has 0 spiro atoms. The van der Waals surface area contributed by atoms with Crippen molar-refractivity contribution in [2.45, 2.75) is 11.4 Å². The van der Waals surface area contributed by atoms with Crippen LogP contribution in [-0.2, 0) is 9.53 Å². The summed E-state index contributed by atoms with van der Waals surface area (Å²) in [7, 11) is 1.40. The quantitative estimate of drug-likeness (QED) is 0.402. The highest BCUT2D eigenvalue weighted by atomic mass is 32.2. The number of hydrogen-bond acceptors (Lipinski definition) is 6. The number of carbonyl (C=O) groups is 1. The maximum absolute atomic E-state index is 11.2. The lowest BCUT2D eigenvalue weighted by Gasteiger charge is -2.01. The van der Waals surface area contributed by atoms with Crippen LogP contribution in [0.2, 0.25) is 0 Å². The van der Waals surface area contributed by atoms with Crippen LogP contribution in [0.1, 0.15) is 6.42 Å². The lowest BCUT2D eigenvalue weighted by atomic mass is 10.2. The van der Waals surface area contributed by atoms with Gasteiger partial charge in [-0.15, -0.1) is 23.1 Å². The molecule has 2 aromatic heterocycles. The molecule has 0 saturated heterocycles. The molecular formula is C16H14N2O2S2. The van der Waals surface area contributed by atoms with Crippen molar-refractivity contribution in [3.05, 3.63) is 42.7 Å². The van der Waals surface area contributed by atoms with Crippen LogP contribution in [0, 0.1) is 0 Å². The number of esters is 1. The highest BCUT2D eigenvalue weighted by molar-refractivity contribution is 7.99. The van der Waals surface area contributed by atoms with Gasteiger partial charge in [-0.05, 0) is 11.6 Å². The Morgan fingerprint density at radius 2 is 2.09 bits per heavy atom. The van der Waals surface area contributed by atoms with E-state index in [1.54, 1.807) is 29.4 Å². The van der Waals surface area contributed by atoms with Crippen molar-refractivity contribution in [2.75, 3.05) is 12.9 Å². The Bertz CT molecular complexity index is 787. The Morgan fingerprint density at radius 3 is 2.86 bits per heavy atom. The average molecular weight is 330 g/mol. The number of ether oxygens (including phenoxy) is 1. The van der Waals surface area contributed by atoms with Crippen molar-refractivity contribution in [2.24, 2.45) is 0 Å². The van der Waals surface area contributed by atoms with Crippen molar-refractivity contribution in [3.8, 4) is 10.4 Å². The minimum absolute atomic E-state index is 0.201. The zero-order chi connectivity index (χ0) is 15.4. The molecule has 0 saturated carbocycles. The van der Waals surface area contributed by atoms with E-state index in [4.69, 9.17) is 0 Å². The summed E-state index contributed by atoms with van der Waals surface area (Å²) in [6.07, 6.45) is 1.95. The highest BCUT2D eigenvalue weighted by Gasteiger charge is 2.11. The molecule has 3 rings (SSSR count). The van der Waals surface area contributed by atoms with Crippen molar-refractivity contribution in [1.29, 1.82) is 0 Å². The fraction of sp³-hybridized carbons (Fsp3) is 0.188. The van der Waals surface area contributed by atoms with E-state index in [1.807, 2.05) is 18.2 Å². The number of fused-ring (bicyclic) bond motifs is 1. The van der Waals surface area contributed by atoms with Crippen molar-refractivity contribution in [3.63, 3.8) is 0 Å². The maximum Gasteiger partial charge on any atom is 0.306 e. The summed E-state index contributed by atoms with van der Waals surface area (Å²) >= 11 is 3.21. The van der Waals surface area contributed by atoms with E-state index in [9.17, 15) is 4.79 Å². The van der Waals surface area contributed by atoms with Crippen LogP contribution < -0.4 is 0 Å². The first-order valence-corrected chi connectivity index (χ1v) is 8.57. The summed E-state index contributed by atoms with van der Waals surface area (Å²) in [6.45, 7) is 0. The largest absolute Gasteiger partial charge is 0.469 e. The van der Waals surface area contributed by atoms with E-state index in [1.165, 1.54) is 17.6 Å². The van der Waals surface area contributed by atoms with Gasteiger partial charge >= 0.3 is 5.97 Å². The topological polar surface area (TPSA) is 52.1 Å². The molecule has 0 aliphatic heterocycles. The van der Waals surface area contributed by atoms with E-state index in [2.05, 4.69) is 32.9 Å². The molecule has 112 valence electrons. The molecule has 3 aromatic rings. The zero-order valence-corrected chi connectivity index (χ0v) is 13.6. The number of thiophene rings is 1. The lowest BCUT2D eigenvalue weighted by Crippen LogP contribution is -2.01. The molecule has 0 unspecified atom stereocenters. The molecule has 0 amide bonds. The van der Waals surface area contributed by atoms with Gasteiger partial charge in [0.25, 0.3) is 0 Å². The van der Waals surface area contributed by atoms with Crippen LogP contribution in [0.4, 0.5) is 0 Å². The Labute approximate surface area is 136 Å². The number of hydrogen-bond donors (Lipinski definition) is 0. The number of thioether (sulfide) groups is 1. The summed E-state index contributed by atoms with van der Waals surface area (Å²) < 4.78 is 4.65. The Hall–Kier alpha value is -1.92. The monoisotopic (exact) mass is 330 g/mol. The highest BCUT2D eigenvalue weighted by Crippen LogP contribution is 2.36. The van der Waals surface area contributed by atoms with Gasteiger partial charge in [0.05, 0.1) is 13.5 Å². The van der Waals surface area contributed by atoms with E-state index >= 15 is 0 Å². The minimum Gasteiger partial charge on any atom is -0.469 e. The van der Waals surface area contributed by atoms with Crippen LogP contribution in [0.5, 0.6) is 0 Å². The molecular weight excluding hydrogens is 316 g/mol. The predicted octanol–water partition coefficient (Wildman–Crippen LogP) is 4.01. The van der Waals surface area contributed by atoms with Gasteiger partial charge in [0.2, 0.25) is 0 Å². The van der Waals surface area contributed by atoms with Gasteiger partial charge in [0, 0.05) is 16.0 Å². The molecule has 4 nitrogen and oxygen atoms in total. The summed E-state index contributed by atoms with van der Waals surface area (Å²) in [5, 5.41) is 1.95. The second-order valence-corrected chi connectivity index (χ2v) is 6.66. The van der Waals surface area contributed by atoms with E-state index < -0.39 is 0 Å². The summed E-state index contributed by atoms with van der Waals surface area (Å²) in [5.41, 5.74) is 1.18. The molecule has 2 heterocycles. The third-order valence-electron chi connectivity index (χ3n) is 3.12. The molecule has 0 bridgehead atoms. The van der Waals surface area contributed by atoms with Gasteiger partial charge in [-0.3, -0.25) is 4.79 Å². The normalized spacial score (nSPS) is 10.8. The SMILES string of the molecule is COC(=O)CCSc1ncnc2sc(-c3ccccc3)cc12. The number of carbonyl (C=O) groups excluding carboxylic acids is 1. The van der Waals surface area contributed by atoms with E-state index in [0.717, 1.165) is 15.2 Å². The van der Waals surface area contributed by atoms with Crippen LogP contribution in [0.25, 0.3) is 20.7 Å². The third kappa shape index (κ3) is 3.28. The molecule has 0 radical (unpaired) electrons. The first-order valence-electron chi connectivity index (χ1n) is 6.77. The summed E-state index contributed by atoms with van der Waals surface area (Å²) in [6, 6.07) is 12.3. The molecule has 22 heavy (non-hydrogen) atoms. The van der Waals surface area contributed by atoms with Crippen LogP contribution in [0.15, 0.2) is 47.8 Å². The van der Waals surface area contributed by atoms with Gasteiger partial charge in [-0.1, -0.05) is 30.3 Å².